The first kappa shape index (κ1) is 19.5. The van der Waals surface area contributed by atoms with E-state index in [1.165, 1.54) is 11.3 Å². The Kier molecular flexibility index (Phi) is 5.82. The number of primary amides is 1. The standard InChI is InChI=1S/C21H23N3O4S/c22-20(26)19-16-7-1-2-8-17(16)29-21(19)23-18(25)13-24(11-14-5-3-9-27-14)12-15-6-4-10-28-15/h3-6,9-10H,1-2,7-8,11-13H2,(H2,22,26)(H,23,25)/p+1. The van der Waals surface area contributed by atoms with Crippen LogP contribution in [0, 0.1) is 0 Å². The van der Waals surface area contributed by atoms with Crippen LogP contribution in [0.4, 0.5) is 5.00 Å². The summed E-state index contributed by atoms with van der Waals surface area (Å²) in [5.74, 6) is 0.946. The Bertz CT molecular complexity index is 940. The number of quaternary nitrogens is 1. The lowest BCUT2D eigenvalue weighted by molar-refractivity contribution is -0.921. The van der Waals surface area contributed by atoms with Gasteiger partial charge in [-0.2, -0.15) is 0 Å². The predicted octanol–water partition coefficient (Wildman–Crippen LogP) is 2.14. The van der Waals surface area contributed by atoms with Crippen molar-refractivity contribution in [1.29, 1.82) is 0 Å². The van der Waals surface area contributed by atoms with Crippen molar-refractivity contribution < 1.29 is 23.3 Å². The highest BCUT2D eigenvalue weighted by Gasteiger charge is 2.26. The maximum absolute atomic E-state index is 12.8. The van der Waals surface area contributed by atoms with E-state index in [1.807, 2.05) is 24.3 Å². The van der Waals surface area contributed by atoms with E-state index in [0.29, 0.717) is 23.7 Å². The van der Waals surface area contributed by atoms with Crippen LogP contribution in [0.1, 0.15) is 45.2 Å². The molecule has 29 heavy (non-hydrogen) atoms. The molecular weight excluding hydrogens is 390 g/mol. The number of hydrogen-bond acceptors (Lipinski definition) is 5. The van der Waals surface area contributed by atoms with Gasteiger partial charge >= 0.3 is 0 Å². The Morgan fingerprint density at radius 3 is 2.31 bits per heavy atom. The third-order valence-electron chi connectivity index (χ3n) is 5.09. The van der Waals surface area contributed by atoms with Crippen LogP contribution in [-0.4, -0.2) is 18.4 Å². The van der Waals surface area contributed by atoms with Crippen molar-refractivity contribution in [3.8, 4) is 0 Å². The summed E-state index contributed by atoms with van der Waals surface area (Å²) in [6.07, 6.45) is 7.16. The summed E-state index contributed by atoms with van der Waals surface area (Å²) in [7, 11) is 0. The lowest BCUT2D eigenvalue weighted by Gasteiger charge is -2.17. The zero-order valence-electron chi connectivity index (χ0n) is 16.0. The number of thiophene rings is 1. The Balaban J connectivity index is 1.49. The van der Waals surface area contributed by atoms with Gasteiger partial charge in [0.1, 0.15) is 18.1 Å². The number of amides is 2. The van der Waals surface area contributed by atoms with Crippen molar-refractivity contribution in [1.82, 2.24) is 0 Å². The Morgan fingerprint density at radius 1 is 1.07 bits per heavy atom. The molecule has 0 bridgehead atoms. The van der Waals surface area contributed by atoms with Crippen LogP contribution in [0.2, 0.25) is 0 Å². The van der Waals surface area contributed by atoms with Crippen LogP contribution in [0.3, 0.4) is 0 Å². The lowest BCUT2D eigenvalue weighted by atomic mass is 9.95. The molecule has 3 aromatic heterocycles. The first-order valence-corrected chi connectivity index (χ1v) is 10.5. The molecule has 0 spiro atoms. The summed E-state index contributed by atoms with van der Waals surface area (Å²) in [4.78, 5) is 27.0. The minimum Gasteiger partial charge on any atom is -0.463 e. The van der Waals surface area contributed by atoms with E-state index in [0.717, 1.165) is 52.5 Å². The van der Waals surface area contributed by atoms with Crippen molar-refractivity contribution in [2.24, 2.45) is 5.73 Å². The van der Waals surface area contributed by atoms with Gasteiger partial charge in [-0.15, -0.1) is 11.3 Å². The molecule has 0 aromatic carbocycles. The van der Waals surface area contributed by atoms with Crippen molar-refractivity contribution in [2.45, 2.75) is 38.8 Å². The van der Waals surface area contributed by atoms with Gasteiger partial charge in [-0.1, -0.05) is 0 Å². The number of furan rings is 2. The van der Waals surface area contributed by atoms with Gasteiger partial charge in [-0.3, -0.25) is 9.59 Å². The molecule has 152 valence electrons. The number of carbonyl (C=O) groups excluding carboxylic acids is 2. The van der Waals surface area contributed by atoms with Gasteiger partial charge in [0.25, 0.3) is 11.8 Å². The van der Waals surface area contributed by atoms with Gasteiger partial charge in [-0.25, -0.2) is 0 Å². The largest absolute Gasteiger partial charge is 0.463 e. The summed E-state index contributed by atoms with van der Waals surface area (Å²) in [6.45, 7) is 1.30. The monoisotopic (exact) mass is 414 g/mol. The highest BCUT2D eigenvalue weighted by Crippen LogP contribution is 2.37. The van der Waals surface area contributed by atoms with Crippen LogP contribution in [-0.2, 0) is 30.7 Å². The summed E-state index contributed by atoms with van der Waals surface area (Å²) >= 11 is 1.48. The molecule has 1 aliphatic carbocycles. The van der Waals surface area contributed by atoms with Crippen LogP contribution < -0.4 is 16.0 Å². The minimum absolute atomic E-state index is 0.167. The lowest BCUT2D eigenvalue weighted by Crippen LogP contribution is -3.10. The molecule has 0 atom stereocenters. The van der Waals surface area contributed by atoms with Crippen molar-refractivity contribution >= 4 is 28.2 Å². The van der Waals surface area contributed by atoms with E-state index in [-0.39, 0.29) is 12.5 Å². The number of rotatable bonds is 8. The molecule has 2 amide bonds. The van der Waals surface area contributed by atoms with E-state index >= 15 is 0 Å². The second-order valence-electron chi connectivity index (χ2n) is 7.27. The van der Waals surface area contributed by atoms with Gasteiger partial charge in [0.05, 0.1) is 18.1 Å². The van der Waals surface area contributed by atoms with Crippen molar-refractivity contribution in [3.63, 3.8) is 0 Å². The number of fused-ring (bicyclic) bond motifs is 1. The molecule has 0 aliphatic heterocycles. The smallest absolute Gasteiger partial charge is 0.280 e. The van der Waals surface area contributed by atoms with Crippen LogP contribution in [0.15, 0.2) is 45.6 Å². The molecule has 0 unspecified atom stereocenters. The van der Waals surface area contributed by atoms with Crippen LogP contribution >= 0.6 is 11.3 Å². The first-order valence-electron chi connectivity index (χ1n) is 9.72. The molecule has 0 saturated carbocycles. The third-order valence-corrected chi connectivity index (χ3v) is 6.30. The van der Waals surface area contributed by atoms with Gasteiger partial charge in [-0.05, 0) is 55.5 Å². The third kappa shape index (κ3) is 4.60. The summed E-state index contributed by atoms with van der Waals surface area (Å²) < 4.78 is 10.9. The molecule has 4 rings (SSSR count). The van der Waals surface area contributed by atoms with E-state index in [9.17, 15) is 9.59 Å². The SMILES string of the molecule is NC(=O)c1c(NC(=O)C[NH+](Cc2ccco2)Cc2ccco2)sc2c1CCCC2. The molecule has 3 aromatic rings. The molecule has 0 radical (unpaired) electrons. The fraction of sp³-hybridized carbons (Fsp3) is 0.333. The average Bonchev–Trinajstić information content (AvgIpc) is 3.41. The normalized spacial score (nSPS) is 13.4. The molecule has 3 heterocycles. The summed E-state index contributed by atoms with van der Waals surface area (Å²) in [5, 5.41) is 3.51. The highest BCUT2D eigenvalue weighted by atomic mass is 32.1. The average molecular weight is 415 g/mol. The van der Waals surface area contributed by atoms with E-state index in [1.54, 1.807) is 12.5 Å². The van der Waals surface area contributed by atoms with E-state index in [4.69, 9.17) is 14.6 Å². The molecule has 1 aliphatic rings. The molecule has 4 N–H and O–H groups in total. The van der Waals surface area contributed by atoms with Gasteiger partial charge in [0.15, 0.2) is 18.1 Å². The predicted molar refractivity (Wildman–Crippen MR) is 109 cm³/mol. The quantitative estimate of drug-likeness (QED) is 0.525. The highest BCUT2D eigenvalue weighted by molar-refractivity contribution is 7.17. The molecular formula is C21H24N3O4S+. The number of hydrogen-bond donors (Lipinski definition) is 3. The van der Waals surface area contributed by atoms with Gasteiger partial charge < -0.3 is 24.8 Å². The maximum Gasteiger partial charge on any atom is 0.280 e. The topological polar surface area (TPSA) is 103 Å². The van der Waals surface area contributed by atoms with E-state index in [2.05, 4.69) is 5.32 Å². The number of aryl methyl sites for hydroxylation is 1. The molecule has 7 nitrogen and oxygen atoms in total. The molecule has 0 fully saturated rings. The first-order chi connectivity index (χ1) is 14.1. The van der Waals surface area contributed by atoms with Gasteiger partial charge in [0.2, 0.25) is 0 Å². The van der Waals surface area contributed by atoms with Crippen LogP contribution in [0.25, 0.3) is 0 Å². The minimum atomic E-state index is -0.477. The van der Waals surface area contributed by atoms with Gasteiger partial charge in [0, 0.05) is 4.88 Å². The van der Waals surface area contributed by atoms with E-state index < -0.39 is 5.91 Å². The number of nitrogens with one attached hydrogen (secondary N) is 2. The Labute approximate surface area is 172 Å². The fourth-order valence-electron chi connectivity index (χ4n) is 3.82. The van der Waals surface area contributed by atoms with Crippen molar-refractivity contribution in [2.75, 3.05) is 11.9 Å². The number of nitrogens with two attached hydrogens (primary N) is 1. The number of anilines is 1. The second kappa shape index (κ2) is 8.67. The number of carbonyl (C=O) groups is 2. The summed E-state index contributed by atoms with van der Waals surface area (Å²) in [5.41, 5.74) is 7.12. The van der Waals surface area contributed by atoms with Crippen molar-refractivity contribution in [3.05, 3.63) is 64.3 Å². The maximum atomic E-state index is 12.8. The molecule has 8 heteroatoms. The fourth-order valence-corrected chi connectivity index (χ4v) is 5.13. The molecule has 0 saturated heterocycles. The second-order valence-corrected chi connectivity index (χ2v) is 8.37. The van der Waals surface area contributed by atoms with Crippen LogP contribution in [0.5, 0.6) is 0 Å². The Hall–Kier alpha value is -2.84. The Morgan fingerprint density at radius 2 is 1.72 bits per heavy atom. The zero-order chi connectivity index (χ0) is 20.2. The zero-order valence-corrected chi connectivity index (χ0v) is 16.8. The summed E-state index contributed by atoms with van der Waals surface area (Å²) in [6, 6.07) is 7.43.